The standard InChI is InChI=1S/C14H15BrFNO4/c1-2-17(11-7-21-6-9(11)14(19)20)13(18)8-4-3-5-10(15)12(8)16/h3-5,9,11H,2,6-7H2,1H3,(H,19,20). The van der Waals surface area contributed by atoms with Gasteiger partial charge in [0.2, 0.25) is 0 Å². The van der Waals surface area contributed by atoms with Crippen molar-refractivity contribution in [3.8, 4) is 0 Å². The second kappa shape index (κ2) is 6.53. The van der Waals surface area contributed by atoms with Crippen molar-refractivity contribution in [3.63, 3.8) is 0 Å². The first kappa shape index (κ1) is 15.9. The van der Waals surface area contributed by atoms with Crippen molar-refractivity contribution in [3.05, 3.63) is 34.1 Å². The molecule has 1 saturated heterocycles. The number of nitrogens with zero attached hydrogens (tertiary/aromatic N) is 1. The fraction of sp³-hybridized carbons (Fsp3) is 0.429. The van der Waals surface area contributed by atoms with Gasteiger partial charge in [0.1, 0.15) is 11.7 Å². The Bertz CT molecular complexity index is 566. The molecule has 7 heteroatoms. The van der Waals surface area contributed by atoms with Crippen LogP contribution in [0.4, 0.5) is 4.39 Å². The Morgan fingerprint density at radius 2 is 2.19 bits per heavy atom. The lowest BCUT2D eigenvalue weighted by Gasteiger charge is -2.29. The largest absolute Gasteiger partial charge is 0.481 e. The van der Waals surface area contributed by atoms with Crippen LogP contribution in [-0.4, -0.2) is 47.7 Å². The SMILES string of the molecule is CCN(C(=O)c1cccc(Br)c1F)C1COCC1C(=O)O. The van der Waals surface area contributed by atoms with Gasteiger partial charge in [-0.25, -0.2) is 4.39 Å². The van der Waals surface area contributed by atoms with Crippen molar-refractivity contribution < 1.29 is 23.8 Å². The molecule has 0 saturated carbocycles. The number of likely N-dealkylation sites (N-methyl/N-ethyl adjacent to an activating group) is 1. The van der Waals surface area contributed by atoms with Gasteiger partial charge in [-0.2, -0.15) is 0 Å². The van der Waals surface area contributed by atoms with Gasteiger partial charge in [-0.05, 0) is 35.0 Å². The van der Waals surface area contributed by atoms with E-state index in [1.165, 1.54) is 17.0 Å². The Kier molecular flexibility index (Phi) is 4.95. The molecule has 1 aromatic rings. The number of benzene rings is 1. The Morgan fingerprint density at radius 1 is 1.48 bits per heavy atom. The molecule has 0 radical (unpaired) electrons. The van der Waals surface area contributed by atoms with Crippen molar-refractivity contribution in [2.24, 2.45) is 5.92 Å². The van der Waals surface area contributed by atoms with Crippen LogP contribution in [0.2, 0.25) is 0 Å². The molecule has 0 spiro atoms. The number of amides is 1. The van der Waals surface area contributed by atoms with Gasteiger partial charge in [0.15, 0.2) is 0 Å². The van der Waals surface area contributed by atoms with Gasteiger partial charge in [0.25, 0.3) is 5.91 Å². The summed E-state index contributed by atoms with van der Waals surface area (Å²) in [6.07, 6.45) is 0. The van der Waals surface area contributed by atoms with Crippen molar-refractivity contribution in [2.75, 3.05) is 19.8 Å². The summed E-state index contributed by atoms with van der Waals surface area (Å²) in [4.78, 5) is 25.1. The van der Waals surface area contributed by atoms with Crippen molar-refractivity contribution in [1.82, 2.24) is 4.90 Å². The quantitative estimate of drug-likeness (QED) is 0.894. The second-order valence-electron chi connectivity index (χ2n) is 4.74. The van der Waals surface area contributed by atoms with E-state index in [2.05, 4.69) is 15.9 Å². The molecule has 5 nitrogen and oxygen atoms in total. The van der Waals surface area contributed by atoms with Gasteiger partial charge in [-0.3, -0.25) is 9.59 Å². The van der Waals surface area contributed by atoms with E-state index < -0.39 is 29.7 Å². The smallest absolute Gasteiger partial charge is 0.311 e. The number of aliphatic carboxylic acids is 1. The number of rotatable bonds is 4. The third-order valence-corrected chi connectivity index (χ3v) is 4.16. The van der Waals surface area contributed by atoms with E-state index >= 15 is 0 Å². The zero-order valence-corrected chi connectivity index (χ0v) is 13.0. The van der Waals surface area contributed by atoms with E-state index in [0.717, 1.165) is 0 Å². The minimum atomic E-state index is -1.02. The minimum absolute atomic E-state index is 0.0603. The summed E-state index contributed by atoms with van der Waals surface area (Å²) >= 11 is 3.04. The average molecular weight is 360 g/mol. The molecule has 114 valence electrons. The Hall–Kier alpha value is -1.47. The number of carboxylic acids is 1. The maximum atomic E-state index is 14.0. The van der Waals surface area contributed by atoms with Crippen molar-refractivity contribution >= 4 is 27.8 Å². The van der Waals surface area contributed by atoms with E-state index in [0.29, 0.717) is 0 Å². The first-order chi connectivity index (χ1) is 9.97. The average Bonchev–Trinajstić information content (AvgIpc) is 2.92. The molecule has 1 heterocycles. The van der Waals surface area contributed by atoms with Crippen molar-refractivity contribution in [2.45, 2.75) is 13.0 Å². The van der Waals surface area contributed by atoms with E-state index in [-0.39, 0.29) is 29.8 Å². The predicted molar refractivity (Wildman–Crippen MR) is 76.5 cm³/mol. The van der Waals surface area contributed by atoms with Gasteiger partial charge in [0, 0.05) is 6.54 Å². The highest BCUT2D eigenvalue weighted by atomic mass is 79.9. The normalized spacial score (nSPS) is 21.3. The van der Waals surface area contributed by atoms with Crippen LogP contribution < -0.4 is 0 Å². The summed E-state index contributed by atoms with van der Waals surface area (Å²) in [5.74, 6) is -2.98. The molecule has 1 fully saturated rings. The Balaban J connectivity index is 2.30. The molecule has 0 aliphatic carbocycles. The van der Waals surface area contributed by atoms with Crippen LogP contribution in [-0.2, 0) is 9.53 Å². The summed E-state index contributed by atoms with van der Waals surface area (Å²) < 4.78 is 19.4. The van der Waals surface area contributed by atoms with Crippen LogP contribution in [0.3, 0.4) is 0 Å². The van der Waals surface area contributed by atoms with Crippen LogP contribution in [0, 0.1) is 11.7 Å². The third-order valence-electron chi connectivity index (χ3n) is 3.55. The monoisotopic (exact) mass is 359 g/mol. The lowest BCUT2D eigenvalue weighted by Crippen LogP contribution is -2.46. The summed E-state index contributed by atoms with van der Waals surface area (Å²) in [6.45, 7) is 2.21. The fourth-order valence-electron chi connectivity index (χ4n) is 2.44. The van der Waals surface area contributed by atoms with E-state index in [4.69, 9.17) is 4.74 Å². The first-order valence-corrected chi connectivity index (χ1v) is 7.32. The molecule has 21 heavy (non-hydrogen) atoms. The number of carbonyl (C=O) groups excluding carboxylic acids is 1. The number of hydrogen-bond donors (Lipinski definition) is 1. The first-order valence-electron chi connectivity index (χ1n) is 6.52. The number of ether oxygens (including phenoxy) is 1. The topological polar surface area (TPSA) is 66.8 Å². The lowest BCUT2D eigenvalue weighted by molar-refractivity contribution is -0.142. The van der Waals surface area contributed by atoms with Crippen LogP contribution in [0.1, 0.15) is 17.3 Å². The predicted octanol–water partition coefficient (Wildman–Crippen LogP) is 2.15. The minimum Gasteiger partial charge on any atom is -0.481 e. The zero-order valence-electron chi connectivity index (χ0n) is 11.4. The molecule has 0 aromatic heterocycles. The van der Waals surface area contributed by atoms with Gasteiger partial charge >= 0.3 is 5.97 Å². The number of hydrogen-bond acceptors (Lipinski definition) is 3. The van der Waals surface area contributed by atoms with Crippen LogP contribution in [0.25, 0.3) is 0 Å². The number of carboxylic acid groups (broad SMARTS) is 1. The maximum absolute atomic E-state index is 14.0. The Labute approximate surface area is 129 Å². The molecule has 1 aliphatic rings. The number of carbonyl (C=O) groups is 2. The van der Waals surface area contributed by atoms with Crippen molar-refractivity contribution in [1.29, 1.82) is 0 Å². The summed E-state index contributed by atoms with van der Waals surface area (Å²) in [6, 6.07) is 3.87. The fourth-order valence-corrected chi connectivity index (χ4v) is 2.80. The molecule has 1 aliphatic heterocycles. The zero-order chi connectivity index (χ0) is 15.6. The molecule has 2 atom stereocenters. The van der Waals surface area contributed by atoms with Crippen LogP contribution >= 0.6 is 15.9 Å². The molecule has 2 rings (SSSR count). The van der Waals surface area contributed by atoms with Crippen LogP contribution in [0.5, 0.6) is 0 Å². The third kappa shape index (κ3) is 3.08. The molecule has 1 N–H and O–H groups in total. The summed E-state index contributed by atoms with van der Waals surface area (Å²) in [5.41, 5.74) is -0.0812. The highest BCUT2D eigenvalue weighted by molar-refractivity contribution is 9.10. The molecular formula is C14H15BrFNO4. The second-order valence-corrected chi connectivity index (χ2v) is 5.60. The molecule has 1 aromatic carbocycles. The van der Waals surface area contributed by atoms with E-state index in [1.54, 1.807) is 13.0 Å². The maximum Gasteiger partial charge on any atom is 0.311 e. The summed E-state index contributed by atoms with van der Waals surface area (Å²) in [7, 11) is 0. The van der Waals surface area contributed by atoms with Gasteiger partial charge < -0.3 is 14.7 Å². The molecular weight excluding hydrogens is 345 g/mol. The highest BCUT2D eigenvalue weighted by Crippen LogP contribution is 2.25. The highest BCUT2D eigenvalue weighted by Gasteiger charge is 2.40. The Morgan fingerprint density at radius 3 is 2.81 bits per heavy atom. The number of halogens is 2. The van der Waals surface area contributed by atoms with Gasteiger partial charge in [-0.15, -0.1) is 0 Å². The lowest BCUT2D eigenvalue weighted by atomic mass is 10.0. The van der Waals surface area contributed by atoms with Crippen LogP contribution in [0.15, 0.2) is 22.7 Å². The molecule has 1 amide bonds. The van der Waals surface area contributed by atoms with E-state index in [1.807, 2.05) is 0 Å². The molecule has 0 bridgehead atoms. The van der Waals surface area contributed by atoms with Gasteiger partial charge in [0.05, 0.1) is 29.3 Å². The van der Waals surface area contributed by atoms with Gasteiger partial charge in [-0.1, -0.05) is 6.07 Å². The molecule has 2 unspecified atom stereocenters. The summed E-state index contributed by atoms with van der Waals surface area (Å²) in [5, 5.41) is 9.18. The van der Waals surface area contributed by atoms with E-state index in [9.17, 15) is 19.1 Å².